The van der Waals surface area contributed by atoms with Crippen molar-refractivity contribution in [3.05, 3.63) is 23.4 Å². The van der Waals surface area contributed by atoms with Crippen LogP contribution in [0.4, 0.5) is 5.82 Å². The number of pyridine rings is 1. The van der Waals surface area contributed by atoms with E-state index >= 15 is 0 Å². The molecule has 0 aliphatic heterocycles. The van der Waals surface area contributed by atoms with Gasteiger partial charge in [0.25, 0.3) is 5.91 Å². The van der Waals surface area contributed by atoms with Gasteiger partial charge in [-0.2, -0.15) is 0 Å². The minimum Gasteiger partial charge on any atom is -0.481 e. The van der Waals surface area contributed by atoms with E-state index in [1.165, 1.54) is 0 Å². The lowest BCUT2D eigenvalue weighted by molar-refractivity contribution is -0.138. The third-order valence-electron chi connectivity index (χ3n) is 3.13. The molecule has 0 radical (unpaired) electrons. The summed E-state index contributed by atoms with van der Waals surface area (Å²) in [7, 11) is 0. The number of aromatic nitrogens is 1. The molecule has 0 bridgehead atoms. The first-order valence-corrected chi connectivity index (χ1v) is 7.02. The Bertz CT molecular complexity index is 515. The fourth-order valence-electron chi connectivity index (χ4n) is 2.28. The van der Waals surface area contributed by atoms with Gasteiger partial charge in [0.15, 0.2) is 0 Å². The van der Waals surface area contributed by atoms with Crippen LogP contribution in [0.25, 0.3) is 0 Å². The summed E-state index contributed by atoms with van der Waals surface area (Å²) in [6.45, 7) is 6.36. The number of carboxylic acid groups (broad SMARTS) is 1. The number of nitrogens with zero attached hydrogens (tertiary/aromatic N) is 1. The van der Waals surface area contributed by atoms with Gasteiger partial charge in [-0.3, -0.25) is 9.59 Å². The van der Waals surface area contributed by atoms with E-state index in [1.807, 2.05) is 6.92 Å². The lowest BCUT2D eigenvalue weighted by Crippen LogP contribution is -2.22. The normalized spacial score (nSPS) is 12.2. The van der Waals surface area contributed by atoms with Crippen LogP contribution in [-0.4, -0.2) is 28.5 Å². The van der Waals surface area contributed by atoms with E-state index in [1.54, 1.807) is 12.1 Å². The molecule has 6 heteroatoms. The Hall–Kier alpha value is -2.11. The van der Waals surface area contributed by atoms with Crippen molar-refractivity contribution in [1.82, 2.24) is 4.98 Å². The molecule has 0 saturated heterocycles. The van der Waals surface area contributed by atoms with Crippen LogP contribution in [0.2, 0.25) is 0 Å². The molecule has 0 spiro atoms. The van der Waals surface area contributed by atoms with Crippen LogP contribution < -0.4 is 11.1 Å². The van der Waals surface area contributed by atoms with E-state index in [9.17, 15) is 9.59 Å². The van der Waals surface area contributed by atoms with Crippen LogP contribution in [0.15, 0.2) is 12.1 Å². The summed E-state index contributed by atoms with van der Waals surface area (Å²) >= 11 is 0. The van der Waals surface area contributed by atoms with Gasteiger partial charge in [-0.15, -0.1) is 0 Å². The van der Waals surface area contributed by atoms with Gasteiger partial charge in [0.1, 0.15) is 5.82 Å². The lowest BCUT2D eigenvalue weighted by Gasteiger charge is -2.19. The van der Waals surface area contributed by atoms with Crippen LogP contribution in [0, 0.1) is 18.8 Å². The van der Waals surface area contributed by atoms with Crippen LogP contribution in [0.1, 0.15) is 42.7 Å². The maximum absolute atomic E-state index is 11.4. The van der Waals surface area contributed by atoms with Crippen molar-refractivity contribution in [2.24, 2.45) is 17.6 Å². The number of carbonyl (C=O) groups is 2. The van der Waals surface area contributed by atoms with Crippen molar-refractivity contribution in [1.29, 1.82) is 0 Å². The molecule has 0 aromatic carbocycles. The summed E-state index contributed by atoms with van der Waals surface area (Å²) in [5.74, 6) is -0.581. The number of primary amides is 1. The summed E-state index contributed by atoms with van der Waals surface area (Å²) in [6, 6.07) is 3.34. The number of nitrogens with two attached hydrogens (primary N) is 1. The van der Waals surface area contributed by atoms with Crippen molar-refractivity contribution in [2.45, 2.75) is 33.6 Å². The van der Waals surface area contributed by atoms with Crippen molar-refractivity contribution < 1.29 is 14.7 Å². The summed E-state index contributed by atoms with van der Waals surface area (Å²) in [4.78, 5) is 26.6. The molecule has 1 unspecified atom stereocenters. The number of aliphatic carboxylic acids is 1. The van der Waals surface area contributed by atoms with Gasteiger partial charge in [-0.1, -0.05) is 13.8 Å². The van der Waals surface area contributed by atoms with Gasteiger partial charge < -0.3 is 16.2 Å². The summed E-state index contributed by atoms with van der Waals surface area (Å²) in [5, 5.41) is 12.0. The Morgan fingerprint density at radius 3 is 2.57 bits per heavy atom. The maximum Gasteiger partial charge on any atom is 0.303 e. The highest BCUT2D eigenvalue weighted by Gasteiger charge is 2.17. The molecule has 1 atom stereocenters. The number of amides is 1. The highest BCUT2D eigenvalue weighted by Crippen LogP contribution is 2.18. The largest absolute Gasteiger partial charge is 0.481 e. The van der Waals surface area contributed by atoms with Crippen molar-refractivity contribution in [3.8, 4) is 0 Å². The fourth-order valence-corrected chi connectivity index (χ4v) is 2.28. The quantitative estimate of drug-likeness (QED) is 0.680. The Kier molecular flexibility index (Phi) is 6.14. The Morgan fingerprint density at radius 2 is 2.05 bits per heavy atom. The first-order valence-electron chi connectivity index (χ1n) is 7.02. The zero-order chi connectivity index (χ0) is 16.0. The second-order valence-electron chi connectivity index (χ2n) is 5.69. The Morgan fingerprint density at radius 1 is 1.38 bits per heavy atom. The monoisotopic (exact) mass is 293 g/mol. The van der Waals surface area contributed by atoms with Crippen molar-refractivity contribution in [2.75, 3.05) is 11.9 Å². The molecule has 21 heavy (non-hydrogen) atoms. The van der Waals surface area contributed by atoms with Crippen molar-refractivity contribution in [3.63, 3.8) is 0 Å². The van der Waals surface area contributed by atoms with E-state index < -0.39 is 11.9 Å². The molecular formula is C15H23N3O3. The standard InChI is InChI=1S/C15H23N3O3/c1-9(2)6-11(7-13(19)20)8-17-15-12(14(16)21)5-4-10(3)18-15/h4-5,9,11H,6-8H2,1-3H3,(H2,16,21)(H,17,18)(H,19,20). The van der Waals surface area contributed by atoms with Gasteiger partial charge in [-0.25, -0.2) is 4.98 Å². The Labute approximate surface area is 124 Å². The average molecular weight is 293 g/mol. The molecule has 0 saturated carbocycles. The summed E-state index contributed by atoms with van der Waals surface area (Å²) < 4.78 is 0. The third-order valence-corrected chi connectivity index (χ3v) is 3.13. The van der Waals surface area contributed by atoms with E-state index in [0.717, 1.165) is 12.1 Å². The number of anilines is 1. The predicted octanol–water partition coefficient (Wildman–Crippen LogP) is 2.04. The molecule has 1 rings (SSSR count). The van der Waals surface area contributed by atoms with E-state index in [-0.39, 0.29) is 12.3 Å². The zero-order valence-corrected chi connectivity index (χ0v) is 12.7. The lowest BCUT2D eigenvalue weighted by atomic mass is 9.94. The number of carboxylic acids is 1. The maximum atomic E-state index is 11.4. The van der Waals surface area contributed by atoms with Crippen LogP contribution in [0.5, 0.6) is 0 Å². The molecule has 1 aromatic rings. The second kappa shape index (κ2) is 7.61. The molecule has 0 aliphatic rings. The number of aryl methyl sites for hydroxylation is 1. The average Bonchev–Trinajstić information content (AvgIpc) is 2.34. The highest BCUT2D eigenvalue weighted by molar-refractivity contribution is 5.97. The highest BCUT2D eigenvalue weighted by atomic mass is 16.4. The smallest absolute Gasteiger partial charge is 0.303 e. The minimum absolute atomic E-state index is 0.0226. The molecule has 0 aliphatic carbocycles. The molecule has 6 nitrogen and oxygen atoms in total. The number of rotatable bonds is 8. The summed E-state index contributed by atoms with van der Waals surface area (Å²) in [5.41, 5.74) is 6.40. The van der Waals surface area contributed by atoms with Crippen LogP contribution in [-0.2, 0) is 4.79 Å². The SMILES string of the molecule is Cc1ccc(C(N)=O)c(NCC(CC(=O)O)CC(C)C)n1. The molecule has 1 heterocycles. The van der Waals surface area contributed by atoms with Gasteiger partial charge in [-0.05, 0) is 37.3 Å². The topological polar surface area (TPSA) is 105 Å². The Balaban J connectivity index is 2.81. The number of hydrogen-bond acceptors (Lipinski definition) is 4. The predicted molar refractivity (Wildman–Crippen MR) is 81.2 cm³/mol. The first kappa shape index (κ1) is 16.9. The minimum atomic E-state index is -0.824. The van der Waals surface area contributed by atoms with E-state index in [0.29, 0.717) is 23.8 Å². The summed E-state index contributed by atoms with van der Waals surface area (Å²) in [6.07, 6.45) is 0.875. The molecule has 0 fully saturated rings. The molecule has 1 aromatic heterocycles. The first-order chi connectivity index (χ1) is 9.79. The van der Waals surface area contributed by atoms with Crippen molar-refractivity contribution >= 4 is 17.7 Å². The van der Waals surface area contributed by atoms with E-state index in [4.69, 9.17) is 10.8 Å². The number of carbonyl (C=O) groups excluding carboxylic acids is 1. The number of hydrogen-bond donors (Lipinski definition) is 3. The molecule has 1 amide bonds. The molecular weight excluding hydrogens is 270 g/mol. The van der Waals surface area contributed by atoms with Gasteiger partial charge in [0.05, 0.1) is 5.56 Å². The van der Waals surface area contributed by atoms with Crippen LogP contribution in [0.3, 0.4) is 0 Å². The molecule has 4 N–H and O–H groups in total. The molecule has 116 valence electrons. The second-order valence-corrected chi connectivity index (χ2v) is 5.69. The van der Waals surface area contributed by atoms with Gasteiger partial charge in [0, 0.05) is 18.7 Å². The van der Waals surface area contributed by atoms with Crippen LogP contribution >= 0.6 is 0 Å². The zero-order valence-electron chi connectivity index (χ0n) is 12.7. The fraction of sp³-hybridized carbons (Fsp3) is 0.533. The van der Waals surface area contributed by atoms with Gasteiger partial charge in [0.2, 0.25) is 0 Å². The third kappa shape index (κ3) is 5.81. The number of nitrogens with one attached hydrogen (secondary N) is 1. The van der Waals surface area contributed by atoms with Gasteiger partial charge >= 0.3 is 5.97 Å². The van der Waals surface area contributed by atoms with E-state index in [2.05, 4.69) is 24.1 Å².